The Balaban J connectivity index is 1.59. The van der Waals surface area contributed by atoms with Crippen molar-refractivity contribution in [3.8, 4) is 22.6 Å². The first-order valence-corrected chi connectivity index (χ1v) is 16.6. The SMILES string of the molecule is CC(C)(C)C1=CC(=CC2=C(O)C(=Cc3cc(-c4ccc(Br)c(Br)c4)[o+]c(-c4ccccc4Cl)c3)C2=O)C=C(C(C)(C)C)S1. The lowest BCUT2D eigenvalue weighted by molar-refractivity contribution is -0.113. The van der Waals surface area contributed by atoms with Crippen LogP contribution in [0.3, 0.4) is 0 Å². The summed E-state index contributed by atoms with van der Waals surface area (Å²) in [6.07, 6.45) is 7.74. The van der Waals surface area contributed by atoms with Crippen molar-refractivity contribution in [2.24, 2.45) is 10.8 Å². The minimum Gasteiger partial charge on any atom is -0.506 e. The van der Waals surface area contributed by atoms with Crippen LogP contribution in [0.25, 0.3) is 28.7 Å². The van der Waals surface area contributed by atoms with Gasteiger partial charge >= 0.3 is 11.5 Å². The van der Waals surface area contributed by atoms with Gasteiger partial charge in [0.2, 0.25) is 5.78 Å². The van der Waals surface area contributed by atoms with Gasteiger partial charge in [0.05, 0.1) is 39.4 Å². The molecule has 3 nitrogen and oxygen atoms in total. The van der Waals surface area contributed by atoms with Crippen LogP contribution in [0.15, 0.2) is 118 Å². The first-order valence-electron chi connectivity index (χ1n) is 13.8. The molecule has 220 valence electrons. The number of thioether (sulfide) groups is 1. The van der Waals surface area contributed by atoms with Crippen molar-refractivity contribution in [1.82, 2.24) is 0 Å². The topological polar surface area (TPSA) is 48.6 Å². The Kier molecular flexibility index (Phi) is 8.90. The van der Waals surface area contributed by atoms with Gasteiger partial charge in [0, 0.05) is 8.95 Å². The van der Waals surface area contributed by atoms with E-state index in [0.717, 1.165) is 25.6 Å². The zero-order valence-corrected chi connectivity index (χ0v) is 29.6. The fraction of sp³-hybridized carbons (Fsp3) is 0.222. The molecule has 0 fully saturated rings. The summed E-state index contributed by atoms with van der Waals surface area (Å²) in [5, 5.41) is 11.7. The smallest absolute Gasteiger partial charge is 0.362 e. The highest BCUT2D eigenvalue weighted by atomic mass is 79.9. The maximum Gasteiger partial charge on any atom is 0.362 e. The first-order chi connectivity index (χ1) is 20.1. The maximum absolute atomic E-state index is 13.4. The zero-order valence-electron chi connectivity index (χ0n) is 24.8. The van der Waals surface area contributed by atoms with E-state index in [2.05, 4.69) is 85.6 Å². The number of benzene rings is 2. The van der Waals surface area contributed by atoms with Crippen LogP contribution in [0.4, 0.5) is 0 Å². The second kappa shape index (κ2) is 12.0. The van der Waals surface area contributed by atoms with Gasteiger partial charge in [-0.25, -0.2) is 4.42 Å². The van der Waals surface area contributed by atoms with E-state index >= 15 is 0 Å². The molecule has 7 heteroatoms. The Labute approximate surface area is 279 Å². The van der Waals surface area contributed by atoms with Crippen molar-refractivity contribution < 1.29 is 14.3 Å². The van der Waals surface area contributed by atoms with E-state index in [1.807, 2.05) is 48.5 Å². The monoisotopic (exact) mass is 737 g/mol. The van der Waals surface area contributed by atoms with Crippen molar-refractivity contribution in [1.29, 1.82) is 0 Å². The molecule has 0 bridgehead atoms. The van der Waals surface area contributed by atoms with Gasteiger partial charge in [-0.1, -0.05) is 77.0 Å². The van der Waals surface area contributed by atoms with E-state index in [4.69, 9.17) is 16.0 Å². The van der Waals surface area contributed by atoms with Gasteiger partial charge in [0.15, 0.2) is 0 Å². The molecule has 0 atom stereocenters. The number of aliphatic hydroxyl groups excluding tert-OH is 1. The number of carbonyl (C=O) groups is 1. The van der Waals surface area contributed by atoms with E-state index < -0.39 is 0 Å². The van der Waals surface area contributed by atoms with Gasteiger partial charge < -0.3 is 5.11 Å². The number of Topliss-reactive ketones (excluding diaryl/α,β-unsaturated/α-hetero) is 1. The third-order valence-corrected chi connectivity index (χ3v) is 11.2. The number of carbonyl (C=O) groups excluding carboxylic acids is 1. The average Bonchev–Trinajstić information content (AvgIpc) is 2.95. The second-order valence-corrected chi connectivity index (χ2v) is 15.8. The number of aliphatic hydroxyl groups is 1. The Hall–Kier alpha value is -2.64. The molecule has 0 radical (unpaired) electrons. The Morgan fingerprint density at radius 1 is 0.837 bits per heavy atom. The minimum absolute atomic E-state index is 0.0137. The fourth-order valence-corrected chi connectivity index (χ4v) is 6.67. The van der Waals surface area contributed by atoms with Crippen molar-refractivity contribution in [3.63, 3.8) is 0 Å². The van der Waals surface area contributed by atoms with Gasteiger partial charge in [-0.2, -0.15) is 0 Å². The summed E-state index contributed by atoms with van der Waals surface area (Å²) in [6, 6.07) is 17.0. The lowest BCUT2D eigenvalue weighted by Crippen LogP contribution is -2.21. The summed E-state index contributed by atoms with van der Waals surface area (Å²) in [7, 11) is 0. The van der Waals surface area contributed by atoms with Gasteiger partial charge in [0.25, 0.3) is 0 Å². The van der Waals surface area contributed by atoms with Crippen molar-refractivity contribution in [3.05, 3.63) is 125 Å². The molecule has 5 rings (SSSR count). The van der Waals surface area contributed by atoms with Crippen LogP contribution >= 0.6 is 55.2 Å². The van der Waals surface area contributed by atoms with Crippen molar-refractivity contribution >= 4 is 67.1 Å². The van der Waals surface area contributed by atoms with Crippen LogP contribution in [0.5, 0.6) is 0 Å². The van der Waals surface area contributed by atoms with E-state index in [-0.39, 0.29) is 27.9 Å². The first kappa shape index (κ1) is 31.8. The van der Waals surface area contributed by atoms with E-state index in [1.165, 1.54) is 9.81 Å². The van der Waals surface area contributed by atoms with E-state index in [0.29, 0.717) is 27.7 Å². The number of hydrogen-bond acceptors (Lipinski definition) is 3. The summed E-state index contributed by atoms with van der Waals surface area (Å²) < 4.78 is 8.11. The minimum atomic E-state index is -0.201. The van der Waals surface area contributed by atoms with E-state index in [1.54, 1.807) is 30.0 Å². The molecular weight excluding hydrogens is 708 g/mol. The number of ketones is 1. The lowest BCUT2D eigenvalue weighted by atomic mass is 9.84. The average molecular weight is 740 g/mol. The lowest BCUT2D eigenvalue weighted by Gasteiger charge is -2.32. The zero-order chi connectivity index (χ0) is 31.3. The molecule has 2 heterocycles. The molecule has 1 aromatic heterocycles. The van der Waals surface area contributed by atoms with Gasteiger partial charge in [-0.05, 0) is 118 Å². The van der Waals surface area contributed by atoms with Crippen molar-refractivity contribution in [2.75, 3.05) is 0 Å². The standard InChI is InChI=1S/C36H31Br2ClO3S/c1-35(2,3)31-17-21(18-32(43-31)36(4,5)6)14-25-33(40)24(34(25)41)13-20-15-29(22-11-12-26(37)27(38)19-22)42-30(16-20)23-9-7-8-10-28(23)39/h7-19H,1-6H3/p+1. The molecular formula is C36H32Br2ClO3S+. The summed E-state index contributed by atoms with van der Waals surface area (Å²) in [5.74, 6) is 0.924. The molecule has 0 spiro atoms. The normalized spacial score (nSPS) is 16.7. The Bertz CT molecular complexity index is 1780. The molecule has 2 aromatic carbocycles. The molecule has 2 aliphatic rings. The number of rotatable bonds is 4. The third kappa shape index (κ3) is 6.88. The highest BCUT2D eigenvalue weighted by Crippen LogP contribution is 2.49. The fourth-order valence-electron chi connectivity index (χ4n) is 4.58. The van der Waals surface area contributed by atoms with Crippen LogP contribution in [-0.4, -0.2) is 10.9 Å². The third-order valence-electron chi connectivity index (χ3n) is 7.07. The Morgan fingerprint density at radius 2 is 1.47 bits per heavy atom. The van der Waals surface area contributed by atoms with Gasteiger partial charge in [0.1, 0.15) is 5.76 Å². The van der Waals surface area contributed by atoms with Gasteiger partial charge in [-0.3, -0.25) is 4.79 Å². The van der Waals surface area contributed by atoms with Crippen LogP contribution in [0, 0.1) is 10.8 Å². The molecule has 0 amide bonds. The molecule has 43 heavy (non-hydrogen) atoms. The largest absolute Gasteiger partial charge is 0.506 e. The summed E-state index contributed by atoms with van der Waals surface area (Å²) in [5.41, 5.74) is 3.67. The molecule has 1 N–H and O–H groups in total. The van der Waals surface area contributed by atoms with Gasteiger partial charge in [-0.15, -0.1) is 0 Å². The number of hydrogen-bond donors (Lipinski definition) is 1. The molecule has 0 saturated carbocycles. The van der Waals surface area contributed by atoms with Crippen molar-refractivity contribution in [2.45, 2.75) is 41.5 Å². The molecule has 0 saturated heterocycles. The van der Waals surface area contributed by atoms with Crippen LogP contribution in [0.2, 0.25) is 5.02 Å². The second-order valence-electron chi connectivity index (χ2n) is 12.6. The molecule has 3 aromatic rings. The van der Waals surface area contributed by atoms with E-state index in [9.17, 15) is 9.90 Å². The van der Waals surface area contributed by atoms with Crippen LogP contribution in [0.1, 0.15) is 47.1 Å². The maximum atomic E-state index is 13.4. The molecule has 0 unspecified atom stereocenters. The number of halogens is 3. The quantitative estimate of drug-likeness (QED) is 0.214. The molecule has 1 aliphatic carbocycles. The highest BCUT2D eigenvalue weighted by Gasteiger charge is 2.34. The Morgan fingerprint density at radius 3 is 2.05 bits per heavy atom. The van der Waals surface area contributed by atoms with Crippen LogP contribution < -0.4 is 0 Å². The number of allylic oxidation sites excluding steroid dienone is 8. The highest BCUT2D eigenvalue weighted by molar-refractivity contribution is 9.13. The predicted octanol–water partition coefficient (Wildman–Crippen LogP) is 12.4. The summed E-state index contributed by atoms with van der Waals surface area (Å²) >= 11 is 15.4. The van der Waals surface area contributed by atoms with Crippen LogP contribution in [-0.2, 0) is 4.79 Å². The molecule has 1 aliphatic heterocycles. The predicted molar refractivity (Wildman–Crippen MR) is 188 cm³/mol. The summed E-state index contributed by atoms with van der Waals surface area (Å²) in [6.45, 7) is 13.1. The summed E-state index contributed by atoms with van der Waals surface area (Å²) in [4.78, 5) is 15.9.